The molecule has 118 valence electrons. The Labute approximate surface area is 128 Å². The third-order valence-corrected chi connectivity index (χ3v) is 4.34. The highest BCUT2D eigenvalue weighted by molar-refractivity contribution is 5.42. The van der Waals surface area contributed by atoms with Crippen molar-refractivity contribution >= 4 is 0 Å². The fourth-order valence-electron chi connectivity index (χ4n) is 2.88. The zero-order chi connectivity index (χ0) is 15.1. The van der Waals surface area contributed by atoms with Crippen molar-refractivity contribution in [3.63, 3.8) is 0 Å². The molecule has 1 aliphatic heterocycles. The monoisotopic (exact) mass is 292 g/mol. The van der Waals surface area contributed by atoms with E-state index in [1.807, 2.05) is 12.1 Å². The lowest BCUT2D eigenvalue weighted by Gasteiger charge is -2.28. The van der Waals surface area contributed by atoms with Gasteiger partial charge in [-0.05, 0) is 69.6 Å². The zero-order valence-electron chi connectivity index (χ0n) is 13.5. The van der Waals surface area contributed by atoms with Crippen molar-refractivity contribution in [3.8, 4) is 11.5 Å². The summed E-state index contributed by atoms with van der Waals surface area (Å²) in [6, 6.07) is 6.10. The van der Waals surface area contributed by atoms with Crippen LogP contribution in [0.4, 0.5) is 0 Å². The Bertz CT molecular complexity index is 429. The van der Waals surface area contributed by atoms with Crippen LogP contribution in [0.2, 0.25) is 0 Å². The van der Waals surface area contributed by atoms with Crippen LogP contribution in [0.1, 0.15) is 24.8 Å². The Morgan fingerprint density at radius 2 is 1.86 bits per heavy atom. The molecular weight excluding hydrogens is 264 g/mol. The summed E-state index contributed by atoms with van der Waals surface area (Å²) in [5.41, 5.74) is 1.23. The Morgan fingerprint density at radius 3 is 2.52 bits per heavy atom. The van der Waals surface area contributed by atoms with Crippen molar-refractivity contribution in [1.82, 2.24) is 10.2 Å². The van der Waals surface area contributed by atoms with Gasteiger partial charge in [0.15, 0.2) is 11.5 Å². The van der Waals surface area contributed by atoms with Gasteiger partial charge in [0.05, 0.1) is 14.2 Å². The molecule has 1 aromatic rings. The van der Waals surface area contributed by atoms with E-state index in [9.17, 15) is 0 Å². The third kappa shape index (κ3) is 4.90. The first kappa shape index (κ1) is 16.1. The molecule has 1 aliphatic rings. The third-order valence-electron chi connectivity index (χ3n) is 4.34. The number of benzene rings is 1. The van der Waals surface area contributed by atoms with Gasteiger partial charge in [-0.3, -0.25) is 0 Å². The molecule has 1 saturated heterocycles. The molecule has 2 rings (SSSR count). The zero-order valence-corrected chi connectivity index (χ0v) is 13.5. The largest absolute Gasteiger partial charge is 0.493 e. The second kappa shape index (κ2) is 8.25. The van der Waals surface area contributed by atoms with Crippen LogP contribution in [0, 0.1) is 5.92 Å². The summed E-state index contributed by atoms with van der Waals surface area (Å²) in [6.45, 7) is 4.47. The fourth-order valence-corrected chi connectivity index (χ4v) is 2.88. The summed E-state index contributed by atoms with van der Waals surface area (Å²) >= 11 is 0. The van der Waals surface area contributed by atoms with Gasteiger partial charge in [0.1, 0.15) is 0 Å². The molecule has 0 aromatic heterocycles. The molecule has 1 aromatic carbocycles. The highest BCUT2D eigenvalue weighted by atomic mass is 16.5. The number of nitrogens with zero attached hydrogens (tertiary/aromatic N) is 1. The molecular formula is C17H28N2O2. The smallest absolute Gasteiger partial charge is 0.161 e. The highest BCUT2D eigenvalue weighted by Gasteiger charge is 2.15. The molecule has 0 unspecified atom stereocenters. The quantitative estimate of drug-likeness (QED) is 0.783. The first-order chi connectivity index (χ1) is 10.2. The Balaban J connectivity index is 1.71. The second-order valence-corrected chi connectivity index (χ2v) is 5.90. The van der Waals surface area contributed by atoms with E-state index in [0.29, 0.717) is 0 Å². The van der Waals surface area contributed by atoms with E-state index >= 15 is 0 Å². The summed E-state index contributed by atoms with van der Waals surface area (Å²) in [6.07, 6.45) is 3.96. The number of rotatable bonds is 7. The minimum atomic E-state index is 0.785. The maximum atomic E-state index is 5.33. The highest BCUT2D eigenvalue weighted by Crippen LogP contribution is 2.27. The van der Waals surface area contributed by atoms with Crippen LogP contribution in [0.5, 0.6) is 11.5 Å². The molecule has 0 spiro atoms. The average molecular weight is 292 g/mol. The number of ether oxygens (including phenoxy) is 2. The normalized spacial score (nSPS) is 16.9. The Kier molecular flexibility index (Phi) is 6.33. The number of likely N-dealkylation sites (tertiary alicyclic amines) is 1. The number of hydrogen-bond acceptors (Lipinski definition) is 4. The minimum Gasteiger partial charge on any atom is -0.493 e. The van der Waals surface area contributed by atoms with Crippen LogP contribution in [0.25, 0.3) is 0 Å². The van der Waals surface area contributed by atoms with Gasteiger partial charge in [-0.1, -0.05) is 6.07 Å². The summed E-state index contributed by atoms with van der Waals surface area (Å²) in [5.74, 6) is 2.47. The average Bonchev–Trinajstić information content (AvgIpc) is 2.53. The van der Waals surface area contributed by atoms with E-state index < -0.39 is 0 Å². The van der Waals surface area contributed by atoms with Gasteiger partial charge in [0, 0.05) is 6.54 Å². The number of methoxy groups -OCH3 is 2. The Morgan fingerprint density at radius 1 is 1.14 bits per heavy atom. The molecule has 0 saturated carbocycles. The van der Waals surface area contributed by atoms with Crippen molar-refractivity contribution in [3.05, 3.63) is 23.8 Å². The number of hydrogen-bond donors (Lipinski definition) is 1. The van der Waals surface area contributed by atoms with Gasteiger partial charge in [0.25, 0.3) is 0 Å². The first-order valence-corrected chi connectivity index (χ1v) is 7.83. The maximum absolute atomic E-state index is 5.33. The van der Waals surface area contributed by atoms with Crippen LogP contribution < -0.4 is 14.8 Å². The van der Waals surface area contributed by atoms with E-state index in [1.54, 1.807) is 14.2 Å². The molecule has 1 heterocycles. The molecule has 21 heavy (non-hydrogen) atoms. The lowest BCUT2D eigenvalue weighted by Crippen LogP contribution is -2.31. The molecule has 0 aliphatic carbocycles. The van der Waals surface area contributed by atoms with E-state index in [1.165, 1.54) is 37.9 Å². The van der Waals surface area contributed by atoms with Gasteiger partial charge < -0.3 is 19.7 Å². The summed E-state index contributed by atoms with van der Waals surface area (Å²) in [5, 5.41) is 3.54. The van der Waals surface area contributed by atoms with Crippen LogP contribution in [0.15, 0.2) is 18.2 Å². The molecule has 0 amide bonds. The van der Waals surface area contributed by atoms with Gasteiger partial charge in [-0.25, -0.2) is 0 Å². The van der Waals surface area contributed by atoms with E-state index in [4.69, 9.17) is 9.47 Å². The first-order valence-electron chi connectivity index (χ1n) is 7.83. The molecule has 0 bridgehead atoms. The summed E-state index contributed by atoms with van der Waals surface area (Å²) < 4.78 is 10.6. The Hall–Kier alpha value is -1.26. The molecule has 4 heteroatoms. The van der Waals surface area contributed by atoms with Crippen molar-refractivity contribution < 1.29 is 9.47 Å². The summed E-state index contributed by atoms with van der Waals surface area (Å²) in [4.78, 5) is 2.42. The van der Waals surface area contributed by atoms with Gasteiger partial charge in [0.2, 0.25) is 0 Å². The van der Waals surface area contributed by atoms with E-state index in [-0.39, 0.29) is 0 Å². The summed E-state index contributed by atoms with van der Waals surface area (Å²) in [7, 11) is 5.55. The lowest BCUT2D eigenvalue weighted by molar-refractivity contribution is 0.211. The predicted molar refractivity (Wildman–Crippen MR) is 86.1 cm³/mol. The fraction of sp³-hybridized carbons (Fsp3) is 0.647. The second-order valence-electron chi connectivity index (χ2n) is 5.90. The standard InChI is InChI=1S/C17H28N2O2/c1-19-10-7-14(8-11-19)6-9-18-13-15-4-5-16(20-2)17(12-15)21-3/h4-5,12,14,18H,6-11,13H2,1-3H3. The molecule has 0 atom stereocenters. The van der Waals surface area contributed by atoms with Gasteiger partial charge >= 0.3 is 0 Å². The minimum absolute atomic E-state index is 0.785. The van der Waals surface area contributed by atoms with Crippen molar-refractivity contribution in [2.45, 2.75) is 25.8 Å². The van der Waals surface area contributed by atoms with E-state index in [0.717, 1.165) is 30.5 Å². The van der Waals surface area contributed by atoms with Crippen LogP contribution in [-0.2, 0) is 6.54 Å². The molecule has 1 N–H and O–H groups in total. The van der Waals surface area contributed by atoms with Crippen molar-refractivity contribution in [2.75, 3.05) is 40.9 Å². The molecule has 4 nitrogen and oxygen atoms in total. The van der Waals surface area contributed by atoms with E-state index in [2.05, 4.69) is 23.3 Å². The van der Waals surface area contributed by atoms with Crippen molar-refractivity contribution in [2.24, 2.45) is 5.92 Å². The predicted octanol–water partition coefficient (Wildman–Crippen LogP) is 2.53. The van der Waals surface area contributed by atoms with Crippen LogP contribution >= 0.6 is 0 Å². The van der Waals surface area contributed by atoms with Gasteiger partial charge in [-0.2, -0.15) is 0 Å². The SMILES string of the molecule is COc1ccc(CNCCC2CCN(C)CC2)cc1OC. The van der Waals surface area contributed by atoms with Crippen molar-refractivity contribution in [1.29, 1.82) is 0 Å². The maximum Gasteiger partial charge on any atom is 0.161 e. The molecule has 0 radical (unpaired) electrons. The molecule has 1 fully saturated rings. The van der Waals surface area contributed by atoms with Crippen LogP contribution in [0.3, 0.4) is 0 Å². The number of piperidine rings is 1. The number of nitrogens with one attached hydrogen (secondary N) is 1. The lowest BCUT2D eigenvalue weighted by atomic mass is 9.94. The topological polar surface area (TPSA) is 33.7 Å². The van der Waals surface area contributed by atoms with Gasteiger partial charge in [-0.15, -0.1) is 0 Å². The van der Waals surface area contributed by atoms with Crippen LogP contribution in [-0.4, -0.2) is 45.8 Å².